The molecule has 7 heteroatoms. The van der Waals surface area contributed by atoms with E-state index in [9.17, 15) is 14.9 Å². The van der Waals surface area contributed by atoms with Gasteiger partial charge in [0.25, 0.3) is 5.69 Å². The largest absolute Gasteiger partial charge is 0.383 e. The van der Waals surface area contributed by atoms with Gasteiger partial charge in [0.15, 0.2) is 0 Å². The van der Waals surface area contributed by atoms with Gasteiger partial charge in [-0.25, -0.2) is 4.79 Å². The number of anilines is 1. The van der Waals surface area contributed by atoms with Crippen molar-refractivity contribution in [3.63, 3.8) is 0 Å². The van der Waals surface area contributed by atoms with Gasteiger partial charge in [0.05, 0.1) is 11.5 Å². The first-order chi connectivity index (χ1) is 9.92. The molecular formula is C14H16N4O3. The molecule has 0 radical (unpaired) electrons. The summed E-state index contributed by atoms with van der Waals surface area (Å²) >= 11 is 0. The SMILES string of the molecule is CNc1cc(Cn2c(C)cc(C)nc2=O)ccc1[N+](=O)[O-]. The summed E-state index contributed by atoms with van der Waals surface area (Å²) < 4.78 is 1.54. The van der Waals surface area contributed by atoms with Crippen LogP contribution in [0.25, 0.3) is 0 Å². The van der Waals surface area contributed by atoms with Crippen LogP contribution in [0, 0.1) is 24.0 Å². The molecule has 0 bridgehead atoms. The third kappa shape index (κ3) is 3.07. The van der Waals surface area contributed by atoms with E-state index in [4.69, 9.17) is 0 Å². The van der Waals surface area contributed by atoms with Crippen LogP contribution in [0.5, 0.6) is 0 Å². The molecule has 0 aliphatic carbocycles. The van der Waals surface area contributed by atoms with E-state index in [0.29, 0.717) is 17.9 Å². The maximum absolute atomic E-state index is 11.9. The second-order valence-electron chi connectivity index (χ2n) is 4.77. The summed E-state index contributed by atoms with van der Waals surface area (Å²) in [6.45, 7) is 3.93. The topological polar surface area (TPSA) is 90.1 Å². The van der Waals surface area contributed by atoms with Crippen LogP contribution < -0.4 is 11.0 Å². The van der Waals surface area contributed by atoms with Gasteiger partial charge >= 0.3 is 5.69 Å². The molecule has 2 rings (SSSR count). The number of hydrogen-bond acceptors (Lipinski definition) is 5. The van der Waals surface area contributed by atoms with Gasteiger partial charge in [-0.1, -0.05) is 6.07 Å². The molecule has 110 valence electrons. The summed E-state index contributed by atoms with van der Waals surface area (Å²) in [7, 11) is 1.62. The Hall–Kier alpha value is -2.70. The van der Waals surface area contributed by atoms with E-state index in [1.807, 2.05) is 13.0 Å². The van der Waals surface area contributed by atoms with Gasteiger partial charge in [-0.15, -0.1) is 0 Å². The average molecular weight is 288 g/mol. The van der Waals surface area contributed by atoms with Crippen molar-refractivity contribution in [3.8, 4) is 0 Å². The molecule has 1 heterocycles. The van der Waals surface area contributed by atoms with E-state index in [1.165, 1.54) is 10.6 Å². The van der Waals surface area contributed by atoms with Crippen LogP contribution in [-0.4, -0.2) is 21.5 Å². The van der Waals surface area contributed by atoms with Crippen LogP contribution in [0.4, 0.5) is 11.4 Å². The number of nitro benzene ring substituents is 1. The number of aryl methyl sites for hydroxylation is 2. The lowest BCUT2D eigenvalue weighted by atomic mass is 10.1. The van der Waals surface area contributed by atoms with Gasteiger partial charge in [0.2, 0.25) is 0 Å². The quantitative estimate of drug-likeness (QED) is 0.685. The van der Waals surface area contributed by atoms with E-state index >= 15 is 0 Å². The normalized spacial score (nSPS) is 10.4. The fourth-order valence-corrected chi connectivity index (χ4v) is 2.19. The number of nitrogens with zero attached hydrogens (tertiary/aromatic N) is 3. The predicted molar refractivity (Wildman–Crippen MR) is 79.7 cm³/mol. The molecule has 1 aromatic carbocycles. The first-order valence-corrected chi connectivity index (χ1v) is 6.42. The smallest absolute Gasteiger partial charge is 0.348 e. The molecule has 0 fully saturated rings. The molecule has 0 saturated heterocycles. The number of benzene rings is 1. The minimum atomic E-state index is -0.444. The minimum Gasteiger partial charge on any atom is -0.383 e. The zero-order valence-electron chi connectivity index (χ0n) is 12.1. The monoisotopic (exact) mass is 288 g/mol. The van der Waals surface area contributed by atoms with Crippen molar-refractivity contribution in [1.82, 2.24) is 9.55 Å². The lowest BCUT2D eigenvalue weighted by Crippen LogP contribution is -2.26. The Balaban J connectivity index is 2.41. The zero-order valence-corrected chi connectivity index (χ0v) is 12.1. The van der Waals surface area contributed by atoms with E-state index in [0.717, 1.165) is 11.3 Å². The summed E-state index contributed by atoms with van der Waals surface area (Å²) in [5, 5.41) is 13.7. The van der Waals surface area contributed by atoms with Gasteiger partial charge < -0.3 is 5.32 Å². The average Bonchev–Trinajstić information content (AvgIpc) is 2.42. The maximum Gasteiger partial charge on any atom is 0.348 e. The lowest BCUT2D eigenvalue weighted by molar-refractivity contribution is -0.383. The van der Waals surface area contributed by atoms with Crippen molar-refractivity contribution < 1.29 is 4.92 Å². The van der Waals surface area contributed by atoms with Crippen molar-refractivity contribution in [1.29, 1.82) is 0 Å². The number of nitrogens with one attached hydrogen (secondary N) is 1. The molecule has 0 aliphatic rings. The van der Waals surface area contributed by atoms with E-state index in [1.54, 1.807) is 26.1 Å². The molecule has 2 aromatic rings. The number of nitro groups is 1. The van der Waals surface area contributed by atoms with Gasteiger partial charge in [0, 0.05) is 24.5 Å². The molecule has 0 saturated carbocycles. The third-order valence-corrected chi connectivity index (χ3v) is 3.21. The van der Waals surface area contributed by atoms with Crippen LogP contribution in [-0.2, 0) is 6.54 Å². The molecule has 1 N–H and O–H groups in total. The molecule has 0 spiro atoms. The highest BCUT2D eigenvalue weighted by molar-refractivity contribution is 5.62. The summed E-state index contributed by atoms with van der Waals surface area (Å²) in [5.41, 5.74) is 2.37. The molecule has 21 heavy (non-hydrogen) atoms. The first-order valence-electron chi connectivity index (χ1n) is 6.42. The molecule has 0 atom stereocenters. The Bertz CT molecular complexity index is 752. The van der Waals surface area contributed by atoms with Crippen molar-refractivity contribution in [2.75, 3.05) is 12.4 Å². The lowest BCUT2D eigenvalue weighted by Gasteiger charge is -2.11. The fraction of sp³-hybridized carbons (Fsp3) is 0.286. The standard InChI is InChI=1S/C14H16N4O3/c1-9-6-10(2)17(14(19)16-9)8-11-4-5-13(18(20)21)12(7-11)15-3/h4-7,15H,8H2,1-3H3. The maximum atomic E-state index is 11.9. The van der Waals surface area contributed by atoms with Gasteiger partial charge in [-0.05, 0) is 31.5 Å². The van der Waals surface area contributed by atoms with Crippen LogP contribution in [0.1, 0.15) is 17.0 Å². The zero-order chi connectivity index (χ0) is 15.6. The summed E-state index contributed by atoms with van der Waals surface area (Å²) in [6.07, 6.45) is 0. The molecule has 0 amide bonds. The van der Waals surface area contributed by atoms with Crippen LogP contribution in [0.3, 0.4) is 0 Å². The second kappa shape index (κ2) is 5.74. The summed E-state index contributed by atoms with van der Waals surface area (Å²) in [5.74, 6) is 0. The van der Waals surface area contributed by atoms with Crippen LogP contribution >= 0.6 is 0 Å². The molecular weight excluding hydrogens is 272 g/mol. The Morgan fingerprint density at radius 1 is 1.33 bits per heavy atom. The Labute approximate surface area is 121 Å². The number of rotatable bonds is 4. The van der Waals surface area contributed by atoms with Crippen molar-refractivity contribution in [2.45, 2.75) is 20.4 Å². The van der Waals surface area contributed by atoms with Crippen molar-refractivity contribution >= 4 is 11.4 Å². The molecule has 0 aliphatic heterocycles. The molecule has 0 unspecified atom stereocenters. The van der Waals surface area contributed by atoms with Crippen molar-refractivity contribution in [2.24, 2.45) is 0 Å². The number of hydrogen-bond donors (Lipinski definition) is 1. The Kier molecular flexibility index (Phi) is 4.02. The summed E-state index contributed by atoms with van der Waals surface area (Å²) in [6, 6.07) is 6.57. The van der Waals surface area contributed by atoms with Gasteiger partial charge in [0.1, 0.15) is 5.69 Å². The second-order valence-corrected chi connectivity index (χ2v) is 4.77. The van der Waals surface area contributed by atoms with E-state index in [-0.39, 0.29) is 11.4 Å². The highest BCUT2D eigenvalue weighted by Crippen LogP contribution is 2.25. The summed E-state index contributed by atoms with van der Waals surface area (Å²) in [4.78, 5) is 26.3. The van der Waals surface area contributed by atoms with Gasteiger partial charge in [-0.2, -0.15) is 4.98 Å². The first kappa shape index (κ1) is 14.7. The number of aromatic nitrogens is 2. The Morgan fingerprint density at radius 3 is 2.62 bits per heavy atom. The van der Waals surface area contributed by atoms with E-state index in [2.05, 4.69) is 10.3 Å². The predicted octanol–water partition coefficient (Wildman–Crippen LogP) is 1.86. The third-order valence-electron chi connectivity index (χ3n) is 3.21. The Morgan fingerprint density at radius 2 is 2.05 bits per heavy atom. The molecule has 1 aromatic heterocycles. The van der Waals surface area contributed by atoms with Crippen LogP contribution in [0.15, 0.2) is 29.1 Å². The minimum absolute atomic E-state index is 0.00681. The van der Waals surface area contributed by atoms with Crippen molar-refractivity contribution in [3.05, 3.63) is 61.8 Å². The molecule has 7 nitrogen and oxygen atoms in total. The van der Waals surface area contributed by atoms with Crippen LogP contribution in [0.2, 0.25) is 0 Å². The highest BCUT2D eigenvalue weighted by atomic mass is 16.6. The highest BCUT2D eigenvalue weighted by Gasteiger charge is 2.13. The van der Waals surface area contributed by atoms with E-state index < -0.39 is 4.92 Å². The fourth-order valence-electron chi connectivity index (χ4n) is 2.19. The van der Waals surface area contributed by atoms with Gasteiger partial charge in [-0.3, -0.25) is 14.7 Å².